The summed E-state index contributed by atoms with van der Waals surface area (Å²) in [5.74, 6) is 0.0173. The molecule has 0 amide bonds. The molecule has 2 aromatic carbocycles. The minimum Gasteiger partial charge on any atom is -0.403 e. The lowest BCUT2D eigenvalue weighted by molar-refractivity contribution is 0.284. The monoisotopic (exact) mass is 308 g/mol. The molecule has 0 fully saturated rings. The smallest absolute Gasteiger partial charge is 0.403 e. The van der Waals surface area contributed by atoms with Crippen LogP contribution in [0.25, 0.3) is 20.2 Å². The molecule has 0 bridgehead atoms. The van der Waals surface area contributed by atoms with Crippen LogP contribution in [0.4, 0.5) is 0 Å². The molecule has 20 heavy (non-hydrogen) atoms. The van der Waals surface area contributed by atoms with E-state index in [9.17, 15) is 9.36 Å². The minimum atomic E-state index is -4.66. The standard InChI is InChI=1S/C13H9O5PS/c14-12-8-4-1-2-7-11(8)20-13-9(12)5-3-6-10(13)18-19(15,16)17/h1-7H,(H2,15,16,17). The Balaban J connectivity index is 2.40. The van der Waals surface area contributed by atoms with Crippen LogP contribution in [0.1, 0.15) is 0 Å². The molecule has 0 aliphatic carbocycles. The van der Waals surface area contributed by atoms with E-state index in [1.807, 2.05) is 0 Å². The molecular formula is C13H9O5PS. The molecule has 1 aromatic heterocycles. The summed E-state index contributed by atoms with van der Waals surface area (Å²) in [5.41, 5.74) is -0.175. The van der Waals surface area contributed by atoms with Gasteiger partial charge in [-0.2, -0.15) is 0 Å². The maximum Gasteiger partial charge on any atom is 0.524 e. The van der Waals surface area contributed by atoms with Crippen molar-refractivity contribution >= 4 is 39.3 Å². The number of fused-ring (bicyclic) bond motifs is 2. The summed E-state index contributed by atoms with van der Waals surface area (Å²) >= 11 is 1.26. The zero-order valence-corrected chi connectivity index (χ0v) is 11.7. The van der Waals surface area contributed by atoms with Gasteiger partial charge in [0, 0.05) is 15.5 Å². The van der Waals surface area contributed by atoms with Crippen molar-refractivity contribution in [1.82, 2.24) is 0 Å². The van der Waals surface area contributed by atoms with E-state index in [-0.39, 0.29) is 11.2 Å². The molecule has 0 radical (unpaired) electrons. The van der Waals surface area contributed by atoms with Gasteiger partial charge in [-0.05, 0) is 24.3 Å². The van der Waals surface area contributed by atoms with E-state index >= 15 is 0 Å². The lowest BCUT2D eigenvalue weighted by Gasteiger charge is -2.09. The van der Waals surface area contributed by atoms with Crippen molar-refractivity contribution < 1.29 is 18.9 Å². The number of phosphoric ester groups is 1. The predicted molar refractivity (Wildman–Crippen MR) is 78.3 cm³/mol. The van der Waals surface area contributed by atoms with Crippen LogP contribution in [0.5, 0.6) is 5.75 Å². The highest BCUT2D eigenvalue weighted by molar-refractivity contribution is 7.46. The van der Waals surface area contributed by atoms with Gasteiger partial charge in [-0.25, -0.2) is 4.57 Å². The highest BCUT2D eigenvalue weighted by Crippen LogP contribution is 2.42. The maximum absolute atomic E-state index is 12.4. The molecule has 5 nitrogen and oxygen atoms in total. The van der Waals surface area contributed by atoms with Gasteiger partial charge in [0.25, 0.3) is 0 Å². The normalized spacial score (nSPS) is 11.9. The van der Waals surface area contributed by atoms with Crippen molar-refractivity contribution in [2.45, 2.75) is 0 Å². The van der Waals surface area contributed by atoms with E-state index in [1.165, 1.54) is 23.5 Å². The van der Waals surface area contributed by atoms with Gasteiger partial charge in [0.2, 0.25) is 0 Å². The molecule has 0 saturated heterocycles. The second-order valence-corrected chi connectivity index (χ2v) is 6.36. The Labute approximate surface area is 117 Å². The zero-order valence-electron chi connectivity index (χ0n) is 10.0. The third kappa shape index (κ3) is 2.34. The summed E-state index contributed by atoms with van der Waals surface area (Å²) < 4.78 is 16.8. The second-order valence-electron chi connectivity index (χ2n) is 4.14. The third-order valence-corrected chi connectivity index (χ3v) is 4.42. The SMILES string of the molecule is O=c1c2ccccc2sc2c(OP(=O)(O)O)cccc12. The molecule has 3 rings (SSSR count). The number of hydrogen-bond donors (Lipinski definition) is 2. The first-order valence-corrected chi connectivity index (χ1v) is 8.00. The number of benzene rings is 2. The lowest BCUT2D eigenvalue weighted by Crippen LogP contribution is -2.01. The molecule has 7 heteroatoms. The van der Waals surface area contributed by atoms with Crippen LogP contribution < -0.4 is 9.95 Å². The van der Waals surface area contributed by atoms with Gasteiger partial charge >= 0.3 is 7.82 Å². The van der Waals surface area contributed by atoms with Crippen LogP contribution in [-0.4, -0.2) is 9.79 Å². The fourth-order valence-electron chi connectivity index (χ4n) is 2.00. The number of rotatable bonds is 2. The predicted octanol–water partition coefficient (Wildman–Crippen LogP) is 2.89. The highest BCUT2D eigenvalue weighted by Gasteiger charge is 2.19. The number of hydrogen-bond acceptors (Lipinski definition) is 4. The molecule has 1 heterocycles. The van der Waals surface area contributed by atoms with Crippen LogP contribution in [0.15, 0.2) is 47.3 Å². The second kappa shape index (κ2) is 4.68. The molecule has 0 saturated carbocycles. The van der Waals surface area contributed by atoms with E-state index in [1.54, 1.807) is 30.3 Å². The van der Waals surface area contributed by atoms with Crippen LogP contribution in [-0.2, 0) is 4.57 Å². The van der Waals surface area contributed by atoms with Crippen molar-refractivity contribution in [3.63, 3.8) is 0 Å². The molecule has 0 atom stereocenters. The summed E-state index contributed by atoms with van der Waals surface area (Å²) in [7, 11) is -4.66. The average Bonchev–Trinajstić information content (AvgIpc) is 2.39. The summed E-state index contributed by atoms with van der Waals surface area (Å²) in [6.45, 7) is 0. The summed E-state index contributed by atoms with van der Waals surface area (Å²) in [4.78, 5) is 30.2. The Morgan fingerprint density at radius 2 is 1.70 bits per heavy atom. The fraction of sp³-hybridized carbons (Fsp3) is 0. The Bertz CT molecular complexity index is 911. The lowest BCUT2D eigenvalue weighted by atomic mass is 10.2. The molecule has 2 N–H and O–H groups in total. The molecule has 0 spiro atoms. The Morgan fingerprint density at radius 3 is 2.45 bits per heavy atom. The topological polar surface area (TPSA) is 83.8 Å². The van der Waals surface area contributed by atoms with Gasteiger partial charge in [-0.15, -0.1) is 11.3 Å². The molecule has 3 aromatic rings. The van der Waals surface area contributed by atoms with Gasteiger partial charge in [0.15, 0.2) is 5.43 Å². The molecule has 0 unspecified atom stereocenters. The van der Waals surface area contributed by atoms with Gasteiger partial charge in [0.05, 0.1) is 4.70 Å². The van der Waals surface area contributed by atoms with E-state index in [4.69, 9.17) is 9.79 Å². The van der Waals surface area contributed by atoms with E-state index in [2.05, 4.69) is 4.52 Å². The Kier molecular flexibility index (Phi) is 3.11. The van der Waals surface area contributed by atoms with Crippen molar-refractivity contribution in [3.05, 3.63) is 52.7 Å². The Morgan fingerprint density at radius 1 is 1.00 bits per heavy atom. The summed E-state index contributed by atoms with van der Waals surface area (Å²) in [5, 5.41) is 0.970. The number of phosphoric acid groups is 1. The minimum absolute atomic E-state index is 0.0173. The quantitative estimate of drug-likeness (QED) is 0.562. The van der Waals surface area contributed by atoms with Gasteiger partial charge in [-0.1, -0.05) is 18.2 Å². The van der Waals surface area contributed by atoms with Crippen LogP contribution >= 0.6 is 19.2 Å². The molecule has 102 valence electrons. The van der Waals surface area contributed by atoms with E-state index in [0.717, 1.165) is 4.70 Å². The average molecular weight is 308 g/mol. The zero-order chi connectivity index (χ0) is 14.3. The van der Waals surface area contributed by atoms with Gasteiger partial charge in [-0.3, -0.25) is 14.6 Å². The largest absolute Gasteiger partial charge is 0.524 e. The summed E-state index contributed by atoms with van der Waals surface area (Å²) in [6.07, 6.45) is 0. The van der Waals surface area contributed by atoms with Crippen molar-refractivity contribution in [2.24, 2.45) is 0 Å². The first-order chi connectivity index (χ1) is 9.46. The molecular weight excluding hydrogens is 299 g/mol. The Hall–Kier alpha value is -1.72. The van der Waals surface area contributed by atoms with Crippen LogP contribution in [0.3, 0.4) is 0 Å². The van der Waals surface area contributed by atoms with Gasteiger partial charge in [0.1, 0.15) is 5.75 Å². The third-order valence-electron chi connectivity index (χ3n) is 2.78. The van der Waals surface area contributed by atoms with E-state index in [0.29, 0.717) is 15.5 Å². The summed E-state index contributed by atoms with van der Waals surface area (Å²) in [6, 6.07) is 11.7. The highest BCUT2D eigenvalue weighted by atomic mass is 32.1. The fourth-order valence-corrected chi connectivity index (χ4v) is 3.59. The van der Waals surface area contributed by atoms with E-state index < -0.39 is 7.82 Å². The first-order valence-electron chi connectivity index (χ1n) is 5.65. The first kappa shape index (κ1) is 13.3. The van der Waals surface area contributed by atoms with Crippen LogP contribution in [0.2, 0.25) is 0 Å². The van der Waals surface area contributed by atoms with Crippen molar-refractivity contribution in [2.75, 3.05) is 0 Å². The van der Waals surface area contributed by atoms with Crippen LogP contribution in [0, 0.1) is 0 Å². The molecule has 0 aliphatic heterocycles. The van der Waals surface area contributed by atoms with Gasteiger partial charge < -0.3 is 4.52 Å². The van der Waals surface area contributed by atoms with Crippen molar-refractivity contribution in [3.8, 4) is 5.75 Å². The van der Waals surface area contributed by atoms with Crippen molar-refractivity contribution in [1.29, 1.82) is 0 Å². The maximum atomic E-state index is 12.4. The molecule has 0 aliphatic rings.